The maximum atomic E-state index is 13.3. The second-order valence-electron chi connectivity index (χ2n) is 7.27. The van der Waals surface area contributed by atoms with E-state index in [-0.39, 0.29) is 10.7 Å². The van der Waals surface area contributed by atoms with Gasteiger partial charge in [0.2, 0.25) is 10.0 Å². The van der Waals surface area contributed by atoms with Crippen LogP contribution in [0.2, 0.25) is 0 Å². The third-order valence-electron chi connectivity index (χ3n) is 5.05. The van der Waals surface area contributed by atoms with Gasteiger partial charge in [0.15, 0.2) is 17.3 Å². The highest BCUT2D eigenvalue weighted by Gasteiger charge is 2.34. The summed E-state index contributed by atoms with van der Waals surface area (Å²) in [6, 6.07) is 17.5. The number of carbonyl (C=O) groups is 1. The van der Waals surface area contributed by atoms with Gasteiger partial charge in [0.05, 0.1) is 30.0 Å². The monoisotopic (exact) mass is 595 g/mol. The highest BCUT2D eigenvalue weighted by atomic mass is 79.9. The Morgan fingerprint density at radius 2 is 1.52 bits per heavy atom. The smallest absolute Gasteiger partial charge is 0.241 e. The molecule has 3 rings (SSSR count). The molecule has 0 aliphatic carbocycles. The maximum Gasteiger partial charge on any atom is 0.241 e. The SMILES string of the molecule is COc1cc(Br)c([C@@H](NS(=O)(=O)c2ccc(C)cc2)[C@@H](Br)C(=O)c2ccccc2)cc1OC. The summed E-state index contributed by atoms with van der Waals surface area (Å²) in [5.74, 6) is 0.602. The average Bonchev–Trinajstić information content (AvgIpc) is 2.82. The van der Waals surface area contributed by atoms with Crippen molar-refractivity contribution in [1.29, 1.82) is 0 Å². The first-order valence-electron chi connectivity index (χ1n) is 9.91. The molecule has 0 aliphatic rings. The van der Waals surface area contributed by atoms with Gasteiger partial charge in [0.1, 0.15) is 0 Å². The number of alkyl halides is 1. The molecule has 0 aliphatic heterocycles. The van der Waals surface area contributed by atoms with Crippen LogP contribution in [0.3, 0.4) is 0 Å². The van der Waals surface area contributed by atoms with Gasteiger partial charge in [-0.1, -0.05) is 79.9 Å². The number of sulfonamides is 1. The number of hydrogen-bond acceptors (Lipinski definition) is 5. The molecule has 0 aromatic heterocycles. The van der Waals surface area contributed by atoms with Crippen molar-refractivity contribution in [1.82, 2.24) is 4.72 Å². The topological polar surface area (TPSA) is 81.7 Å². The molecule has 3 aromatic carbocycles. The molecule has 0 saturated carbocycles. The van der Waals surface area contributed by atoms with Crippen molar-refractivity contribution < 1.29 is 22.7 Å². The lowest BCUT2D eigenvalue weighted by Crippen LogP contribution is -2.37. The van der Waals surface area contributed by atoms with Crippen molar-refractivity contribution in [3.63, 3.8) is 0 Å². The minimum Gasteiger partial charge on any atom is -0.493 e. The first-order valence-corrected chi connectivity index (χ1v) is 13.1. The van der Waals surface area contributed by atoms with Gasteiger partial charge in [0, 0.05) is 10.0 Å². The number of methoxy groups -OCH3 is 2. The molecule has 0 unspecified atom stereocenters. The second-order valence-corrected chi connectivity index (χ2v) is 10.8. The number of ether oxygens (including phenoxy) is 2. The summed E-state index contributed by atoms with van der Waals surface area (Å²) in [7, 11) is -0.967. The molecule has 0 bridgehead atoms. The number of ketones is 1. The Morgan fingerprint density at radius 1 is 0.939 bits per heavy atom. The number of carbonyl (C=O) groups excluding carboxylic acids is 1. The van der Waals surface area contributed by atoms with Crippen LogP contribution in [-0.2, 0) is 10.0 Å². The summed E-state index contributed by atoms with van der Waals surface area (Å²) in [4.78, 5) is 12.5. The Bertz CT molecular complexity index is 1230. The summed E-state index contributed by atoms with van der Waals surface area (Å²) in [6.45, 7) is 1.88. The third-order valence-corrected chi connectivity index (χ3v) is 8.14. The molecule has 1 N–H and O–H groups in total. The number of halogens is 2. The summed E-state index contributed by atoms with van der Waals surface area (Å²) in [5.41, 5.74) is 1.90. The van der Waals surface area contributed by atoms with E-state index in [1.807, 2.05) is 13.0 Å². The number of hydrogen-bond donors (Lipinski definition) is 1. The van der Waals surface area contributed by atoms with Gasteiger partial charge in [-0.15, -0.1) is 0 Å². The van der Waals surface area contributed by atoms with E-state index in [2.05, 4.69) is 36.6 Å². The Morgan fingerprint density at radius 3 is 2.09 bits per heavy atom. The van der Waals surface area contributed by atoms with E-state index in [0.717, 1.165) is 5.56 Å². The predicted octanol–water partition coefficient (Wildman–Crippen LogP) is 5.44. The van der Waals surface area contributed by atoms with Crippen LogP contribution in [0.4, 0.5) is 0 Å². The van der Waals surface area contributed by atoms with E-state index in [0.29, 0.717) is 27.1 Å². The van der Waals surface area contributed by atoms with Crippen LogP contribution < -0.4 is 14.2 Å². The molecular weight excluding hydrogens is 574 g/mol. The van der Waals surface area contributed by atoms with E-state index in [1.54, 1.807) is 48.5 Å². The van der Waals surface area contributed by atoms with Crippen LogP contribution in [0.5, 0.6) is 11.5 Å². The van der Waals surface area contributed by atoms with Gasteiger partial charge >= 0.3 is 0 Å². The van der Waals surface area contributed by atoms with E-state index >= 15 is 0 Å². The fourth-order valence-electron chi connectivity index (χ4n) is 3.25. The number of Topliss-reactive ketones (excluding diaryl/α,β-unsaturated/α-hetero) is 1. The molecule has 0 radical (unpaired) electrons. The van der Waals surface area contributed by atoms with Crippen LogP contribution in [0.25, 0.3) is 0 Å². The summed E-state index contributed by atoms with van der Waals surface area (Å²) in [6.07, 6.45) is 0. The molecule has 33 heavy (non-hydrogen) atoms. The van der Waals surface area contributed by atoms with Crippen LogP contribution >= 0.6 is 31.9 Å². The summed E-state index contributed by atoms with van der Waals surface area (Å²) >= 11 is 6.96. The lowest BCUT2D eigenvalue weighted by molar-refractivity contribution is 0.0981. The Kier molecular flexibility index (Phi) is 8.33. The van der Waals surface area contributed by atoms with Gasteiger partial charge < -0.3 is 9.47 Å². The molecule has 174 valence electrons. The molecule has 6 nitrogen and oxygen atoms in total. The lowest BCUT2D eigenvalue weighted by atomic mass is 9.98. The fraction of sp³-hybridized carbons (Fsp3) is 0.208. The molecule has 2 atom stereocenters. The van der Waals surface area contributed by atoms with Crippen molar-refractivity contribution in [2.75, 3.05) is 14.2 Å². The molecule has 0 heterocycles. The van der Waals surface area contributed by atoms with Gasteiger partial charge in [-0.05, 0) is 36.8 Å². The van der Waals surface area contributed by atoms with Gasteiger partial charge in [-0.25, -0.2) is 13.1 Å². The molecule has 0 saturated heterocycles. The van der Waals surface area contributed by atoms with E-state index < -0.39 is 20.9 Å². The highest BCUT2D eigenvalue weighted by molar-refractivity contribution is 9.10. The van der Waals surface area contributed by atoms with Crippen LogP contribution in [0, 0.1) is 6.92 Å². The molecule has 0 fully saturated rings. The van der Waals surface area contributed by atoms with Crippen LogP contribution in [0.15, 0.2) is 76.1 Å². The minimum absolute atomic E-state index is 0.0987. The molecule has 3 aromatic rings. The van der Waals surface area contributed by atoms with Crippen molar-refractivity contribution in [2.45, 2.75) is 22.7 Å². The van der Waals surface area contributed by atoms with Crippen molar-refractivity contribution in [3.05, 3.63) is 87.9 Å². The normalized spacial score (nSPS) is 13.2. The summed E-state index contributed by atoms with van der Waals surface area (Å²) in [5, 5.41) is 0. The second kappa shape index (κ2) is 10.8. The zero-order chi connectivity index (χ0) is 24.2. The first-order chi connectivity index (χ1) is 15.7. The molecular formula is C24H23Br2NO5S. The summed E-state index contributed by atoms with van der Waals surface area (Å²) < 4.78 is 40.5. The van der Waals surface area contributed by atoms with Crippen LogP contribution in [-0.4, -0.2) is 33.2 Å². The third kappa shape index (κ3) is 5.84. The largest absolute Gasteiger partial charge is 0.493 e. The number of aryl methyl sites for hydroxylation is 1. The van der Waals surface area contributed by atoms with Crippen LogP contribution in [0.1, 0.15) is 27.5 Å². The van der Waals surface area contributed by atoms with Gasteiger partial charge in [-0.3, -0.25) is 4.79 Å². The van der Waals surface area contributed by atoms with Gasteiger partial charge in [-0.2, -0.15) is 0 Å². The van der Waals surface area contributed by atoms with Crippen molar-refractivity contribution >= 4 is 47.7 Å². The quantitative estimate of drug-likeness (QED) is 0.263. The number of rotatable bonds is 9. The molecule has 9 heteroatoms. The Balaban J connectivity index is 2.10. The molecule has 0 amide bonds. The minimum atomic E-state index is -3.96. The predicted molar refractivity (Wildman–Crippen MR) is 135 cm³/mol. The lowest BCUT2D eigenvalue weighted by Gasteiger charge is -2.25. The van der Waals surface area contributed by atoms with E-state index in [4.69, 9.17) is 9.47 Å². The van der Waals surface area contributed by atoms with Gasteiger partial charge in [0.25, 0.3) is 0 Å². The number of benzene rings is 3. The highest BCUT2D eigenvalue weighted by Crippen LogP contribution is 2.39. The van der Waals surface area contributed by atoms with Crippen molar-refractivity contribution in [3.8, 4) is 11.5 Å². The van der Waals surface area contributed by atoms with E-state index in [9.17, 15) is 13.2 Å². The first kappa shape index (κ1) is 25.4. The number of nitrogens with one attached hydrogen (secondary N) is 1. The zero-order valence-corrected chi connectivity index (χ0v) is 22.2. The average molecular weight is 597 g/mol. The Labute approximate surface area is 210 Å². The van der Waals surface area contributed by atoms with E-state index in [1.165, 1.54) is 26.4 Å². The zero-order valence-electron chi connectivity index (χ0n) is 18.2. The Hall–Kier alpha value is -2.20. The fourth-order valence-corrected chi connectivity index (χ4v) is 5.91. The standard InChI is InChI=1S/C24H23Br2NO5S/c1-15-9-11-17(12-10-15)33(29,30)27-23(22(26)24(28)16-7-5-4-6-8-16)18-13-20(31-2)21(32-3)14-19(18)25/h4-14,22-23,27H,1-3H3/t22-,23-/m1/s1. The maximum absolute atomic E-state index is 13.3. The molecule has 0 spiro atoms. The van der Waals surface area contributed by atoms with Crippen molar-refractivity contribution in [2.24, 2.45) is 0 Å².